The highest BCUT2D eigenvalue weighted by Gasteiger charge is 2.41. The molecule has 2 atom stereocenters. The molecule has 3 heterocycles. The maximum absolute atomic E-state index is 13.7. The summed E-state index contributed by atoms with van der Waals surface area (Å²) in [4.78, 5) is 28.2. The average molecular weight is 622 g/mol. The summed E-state index contributed by atoms with van der Waals surface area (Å²) in [6.07, 6.45) is -2.41. The number of carbonyl (C=O) groups excluding carboxylic acids is 1. The fraction of sp³-hybridized carbons (Fsp3) is 0.323. The molecule has 4 aromatic rings. The number of rotatable bonds is 8. The maximum Gasteiger partial charge on any atom is 0.416 e. The van der Waals surface area contributed by atoms with E-state index in [0.29, 0.717) is 34.1 Å². The molecule has 1 unspecified atom stereocenters. The summed E-state index contributed by atoms with van der Waals surface area (Å²) < 4.78 is 47.9. The standard InChI is InChI=1S/C31H31F3N8O3/c1-18-26(28(43)45-5)27(41-29(38-39-30(41)44)40(18)23-8-6-7-22(16-23)31(32,33)34)24-10-9-20(17-35)15-21(24)12-14-42(3,4)19(2)25-11-13-36-37-25/h6-11,13,15-16,19,27H,12,14H2,1-5H3,(H-,36,37,39,44)/p+1/t19?,27-/m1/s1. The van der Waals surface area contributed by atoms with Gasteiger partial charge in [0.1, 0.15) is 17.8 Å². The summed E-state index contributed by atoms with van der Waals surface area (Å²) in [5.41, 5.74) is 1.27. The first-order chi connectivity index (χ1) is 21.3. The van der Waals surface area contributed by atoms with Crippen LogP contribution in [0.15, 0.2) is 70.8 Å². The van der Waals surface area contributed by atoms with Gasteiger partial charge in [0, 0.05) is 24.0 Å². The molecule has 0 saturated heterocycles. The minimum atomic E-state index is -4.62. The third-order valence-corrected chi connectivity index (χ3v) is 8.50. The van der Waals surface area contributed by atoms with Crippen LogP contribution >= 0.6 is 0 Å². The van der Waals surface area contributed by atoms with Crippen molar-refractivity contribution in [3.05, 3.63) is 104 Å². The molecular weight excluding hydrogens is 589 g/mol. The number of aromatic nitrogens is 5. The lowest BCUT2D eigenvalue weighted by molar-refractivity contribution is -0.919. The highest BCUT2D eigenvalue weighted by Crippen LogP contribution is 2.43. The monoisotopic (exact) mass is 621 g/mol. The van der Waals surface area contributed by atoms with Crippen LogP contribution in [0.1, 0.15) is 53.9 Å². The van der Waals surface area contributed by atoms with Crippen molar-refractivity contribution in [2.45, 2.75) is 38.5 Å². The zero-order valence-electron chi connectivity index (χ0n) is 25.3. The van der Waals surface area contributed by atoms with E-state index in [-0.39, 0.29) is 28.9 Å². The molecular formula is C31H32F3N8O3+. The molecule has 234 valence electrons. The Morgan fingerprint density at radius 1 is 1.18 bits per heavy atom. The number of esters is 1. The number of allylic oxidation sites excluding steroid dienone is 1. The second-order valence-corrected chi connectivity index (χ2v) is 11.4. The third kappa shape index (κ3) is 5.74. The summed E-state index contributed by atoms with van der Waals surface area (Å²) in [6, 6.07) is 12.6. The first-order valence-electron chi connectivity index (χ1n) is 14.1. The molecule has 0 radical (unpaired) electrons. The van der Waals surface area contributed by atoms with Crippen LogP contribution in [0.4, 0.5) is 24.8 Å². The van der Waals surface area contributed by atoms with Crippen LogP contribution in [0, 0.1) is 11.3 Å². The molecule has 1 aliphatic rings. The van der Waals surface area contributed by atoms with Crippen LogP contribution < -0.4 is 10.6 Å². The van der Waals surface area contributed by atoms with Crippen molar-refractivity contribution in [3.8, 4) is 6.07 Å². The van der Waals surface area contributed by atoms with E-state index in [1.54, 1.807) is 31.3 Å². The number of anilines is 2. The van der Waals surface area contributed by atoms with Crippen LogP contribution in [-0.2, 0) is 22.1 Å². The largest absolute Gasteiger partial charge is 0.466 e. The molecule has 14 heteroatoms. The van der Waals surface area contributed by atoms with Crippen molar-refractivity contribution in [2.24, 2.45) is 0 Å². The second kappa shape index (κ2) is 11.7. The lowest BCUT2D eigenvalue weighted by Crippen LogP contribution is -2.44. The highest BCUT2D eigenvalue weighted by atomic mass is 19.4. The van der Waals surface area contributed by atoms with Crippen molar-refractivity contribution >= 4 is 17.6 Å². The van der Waals surface area contributed by atoms with Crippen LogP contribution in [-0.4, -0.2) is 63.2 Å². The number of methoxy groups -OCH3 is 1. The van der Waals surface area contributed by atoms with Gasteiger partial charge in [-0.1, -0.05) is 12.1 Å². The smallest absolute Gasteiger partial charge is 0.416 e. The number of fused-ring (bicyclic) bond motifs is 1. The molecule has 1 aliphatic heterocycles. The Kier molecular flexibility index (Phi) is 8.15. The summed E-state index contributed by atoms with van der Waals surface area (Å²) >= 11 is 0. The van der Waals surface area contributed by atoms with Crippen molar-refractivity contribution in [1.82, 2.24) is 25.0 Å². The predicted octanol–water partition coefficient (Wildman–Crippen LogP) is 4.75. The zero-order valence-corrected chi connectivity index (χ0v) is 25.3. The first-order valence-corrected chi connectivity index (χ1v) is 14.1. The SMILES string of the molecule is COC(=O)C1=C(C)N(c2cccc(C(F)(F)F)c2)c2n[nH]c(=O)n2[C@@H]1c1ccc(C#N)cc1CC[N+](C)(C)C(C)c1cc[nH]n1. The average Bonchev–Trinajstić information content (AvgIpc) is 3.69. The Labute approximate surface area is 256 Å². The number of alkyl halides is 3. The van der Waals surface area contributed by atoms with Gasteiger partial charge in [-0.05, 0) is 61.4 Å². The number of hydrogen-bond acceptors (Lipinski definition) is 7. The Balaban J connectivity index is 1.67. The molecule has 5 rings (SSSR count). The van der Waals surface area contributed by atoms with Gasteiger partial charge in [0.2, 0.25) is 5.95 Å². The lowest BCUT2D eigenvalue weighted by Gasteiger charge is -2.37. The fourth-order valence-electron chi connectivity index (χ4n) is 5.70. The number of hydrogen-bond donors (Lipinski definition) is 2. The lowest BCUT2D eigenvalue weighted by atomic mass is 9.88. The van der Waals surface area contributed by atoms with Gasteiger partial charge in [-0.3, -0.25) is 10.00 Å². The molecule has 0 fully saturated rings. The minimum absolute atomic E-state index is 0.00643. The van der Waals surface area contributed by atoms with Gasteiger partial charge in [-0.15, -0.1) is 5.10 Å². The number of aromatic amines is 2. The number of carbonyl (C=O) groups is 1. The molecule has 0 saturated carbocycles. The fourth-order valence-corrected chi connectivity index (χ4v) is 5.70. The Morgan fingerprint density at radius 3 is 2.58 bits per heavy atom. The van der Waals surface area contributed by atoms with Gasteiger partial charge in [0.25, 0.3) is 0 Å². The summed E-state index contributed by atoms with van der Waals surface area (Å²) in [5, 5.41) is 23.5. The van der Waals surface area contributed by atoms with Gasteiger partial charge >= 0.3 is 17.8 Å². The van der Waals surface area contributed by atoms with E-state index >= 15 is 0 Å². The third-order valence-electron chi connectivity index (χ3n) is 8.50. The Bertz CT molecular complexity index is 1870. The number of nitrogens with one attached hydrogen (secondary N) is 2. The van der Waals surface area contributed by atoms with Crippen LogP contribution in [0.2, 0.25) is 0 Å². The van der Waals surface area contributed by atoms with Crippen molar-refractivity contribution in [3.63, 3.8) is 0 Å². The van der Waals surface area contributed by atoms with Gasteiger partial charge in [-0.25, -0.2) is 19.3 Å². The maximum atomic E-state index is 13.7. The molecule has 2 N–H and O–H groups in total. The normalized spacial score (nSPS) is 15.9. The van der Waals surface area contributed by atoms with Crippen LogP contribution in [0.5, 0.6) is 0 Å². The number of likely N-dealkylation sites (N-methyl/N-ethyl adjacent to an activating group) is 1. The molecule has 2 aromatic carbocycles. The topological polar surface area (TPSA) is 133 Å². The number of halogens is 3. The molecule has 0 aliphatic carbocycles. The van der Waals surface area contributed by atoms with E-state index in [0.717, 1.165) is 17.8 Å². The van der Waals surface area contributed by atoms with E-state index in [4.69, 9.17) is 4.74 Å². The van der Waals surface area contributed by atoms with Crippen LogP contribution in [0.25, 0.3) is 0 Å². The second-order valence-electron chi connectivity index (χ2n) is 11.4. The van der Waals surface area contributed by atoms with E-state index in [2.05, 4.69) is 47.5 Å². The van der Waals surface area contributed by atoms with E-state index in [1.165, 1.54) is 28.7 Å². The van der Waals surface area contributed by atoms with Crippen molar-refractivity contribution < 1.29 is 27.2 Å². The number of nitriles is 1. The molecule has 0 amide bonds. The number of ether oxygens (including phenoxy) is 1. The highest BCUT2D eigenvalue weighted by molar-refractivity contribution is 5.93. The van der Waals surface area contributed by atoms with Crippen molar-refractivity contribution in [2.75, 3.05) is 32.6 Å². The Hall–Kier alpha value is -5.16. The molecule has 0 bridgehead atoms. The minimum Gasteiger partial charge on any atom is -0.466 e. The summed E-state index contributed by atoms with van der Waals surface area (Å²) in [6.45, 7) is 4.23. The van der Waals surface area contributed by atoms with Crippen LogP contribution in [0.3, 0.4) is 0 Å². The van der Waals surface area contributed by atoms with Gasteiger partial charge in [0.15, 0.2) is 0 Å². The van der Waals surface area contributed by atoms with E-state index in [9.17, 15) is 28.0 Å². The number of nitrogens with zero attached hydrogens (tertiary/aromatic N) is 6. The first kappa shape index (κ1) is 31.3. The van der Waals surface area contributed by atoms with Gasteiger partial charge < -0.3 is 9.22 Å². The van der Waals surface area contributed by atoms with Crippen molar-refractivity contribution in [1.29, 1.82) is 5.26 Å². The van der Waals surface area contributed by atoms with E-state index in [1.807, 2.05) is 6.07 Å². The molecule has 45 heavy (non-hydrogen) atoms. The number of benzene rings is 2. The van der Waals surface area contributed by atoms with Gasteiger partial charge in [-0.2, -0.15) is 23.5 Å². The summed E-state index contributed by atoms with van der Waals surface area (Å²) in [5.74, 6) is -0.778. The zero-order chi connectivity index (χ0) is 32.7. The van der Waals surface area contributed by atoms with Gasteiger partial charge in [0.05, 0.1) is 50.5 Å². The summed E-state index contributed by atoms with van der Waals surface area (Å²) in [7, 11) is 5.31. The molecule has 0 spiro atoms. The molecule has 2 aromatic heterocycles. The predicted molar refractivity (Wildman–Crippen MR) is 158 cm³/mol. The number of H-pyrrole nitrogens is 2. The molecule has 11 nitrogen and oxygen atoms in total. The Morgan fingerprint density at radius 2 is 1.93 bits per heavy atom. The number of quaternary nitrogens is 1. The van der Waals surface area contributed by atoms with E-state index < -0.39 is 29.4 Å². The quantitative estimate of drug-likeness (QED) is 0.214.